The number of carbonyl (C=O) groups excluding carboxylic acids is 8. The van der Waals surface area contributed by atoms with E-state index in [1.807, 2.05) is 190 Å². The summed E-state index contributed by atoms with van der Waals surface area (Å²) in [7, 11) is -6.64. The number of benzene rings is 3. The number of rotatable bonds is 47. The maximum Gasteiger partial charge on any atom is 0.311 e. The van der Waals surface area contributed by atoms with Crippen LogP contribution >= 0.6 is 0 Å². The Labute approximate surface area is 737 Å². The zero-order valence-corrected chi connectivity index (χ0v) is 80.7. The predicted octanol–water partition coefficient (Wildman–Crippen LogP) is 17.4. The van der Waals surface area contributed by atoms with Crippen LogP contribution in [0, 0.1) is 45.8 Å². The molecular weight excluding hydrogens is 1630 g/mol. The summed E-state index contributed by atoms with van der Waals surface area (Å²) in [6.07, 6.45) is 11.1. The number of hydrogen-bond acceptors (Lipinski definition) is 23. The zero-order chi connectivity index (χ0) is 94.7. The average Bonchev–Trinajstić information content (AvgIpc) is 0.858. The van der Waals surface area contributed by atoms with Crippen LogP contribution in [0.25, 0.3) is 0 Å². The lowest BCUT2D eigenvalue weighted by molar-refractivity contribution is -0.155. The first kappa shape index (κ1) is 128. The smallest absolute Gasteiger partial charge is 0.311 e. The highest BCUT2D eigenvalue weighted by Crippen LogP contribution is 2.25. The lowest BCUT2D eigenvalue weighted by Gasteiger charge is -2.27. The van der Waals surface area contributed by atoms with Crippen LogP contribution in [0.15, 0.2) is 89.8 Å². The molecule has 27 nitrogen and oxygen atoms in total. The van der Waals surface area contributed by atoms with Crippen molar-refractivity contribution >= 4 is 88.8 Å². The topological polar surface area (TPSA) is 401 Å². The normalized spacial score (nSPS) is 13.3. The lowest BCUT2D eigenvalue weighted by atomic mass is 9.83. The molecule has 0 radical (unpaired) electrons. The second kappa shape index (κ2) is 73.3. The van der Waals surface area contributed by atoms with Gasteiger partial charge in [-0.3, -0.25) is 42.9 Å². The van der Waals surface area contributed by atoms with Crippen molar-refractivity contribution in [2.75, 3.05) is 98.4 Å². The van der Waals surface area contributed by atoms with Crippen molar-refractivity contribution in [2.45, 2.75) is 279 Å². The number of Topliss-reactive ketones (excluding diaryl/α,β-unsaturated/α-hetero) is 2. The molecule has 6 N–H and O–H groups in total. The summed E-state index contributed by atoms with van der Waals surface area (Å²) in [4.78, 5) is 90.7. The molecule has 3 rings (SSSR count). The molecule has 0 fully saturated rings. The van der Waals surface area contributed by atoms with Gasteiger partial charge in [0.15, 0.2) is 0 Å². The number of para-hydroxylation sites is 2. The second-order valence-electron chi connectivity index (χ2n) is 31.6. The van der Waals surface area contributed by atoms with E-state index in [0.717, 1.165) is 82.1 Å². The van der Waals surface area contributed by atoms with E-state index in [1.165, 1.54) is 5.56 Å². The van der Waals surface area contributed by atoms with E-state index >= 15 is 0 Å². The Morgan fingerprint density at radius 1 is 0.426 bits per heavy atom. The van der Waals surface area contributed by atoms with Crippen LogP contribution in [0.2, 0.25) is 0 Å². The minimum Gasteiger partial charge on any atom is -0.490 e. The molecule has 8 unspecified atom stereocenters. The second-order valence-corrected chi connectivity index (χ2v) is 36.9. The highest BCUT2D eigenvalue weighted by atomic mass is 32.2. The van der Waals surface area contributed by atoms with Crippen molar-refractivity contribution in [3.05, 3.63) is 90.5 Å². The molecular formula is C92H165NO26S3. The number of nitrogens with one attached hydrogen (secondary N) is 1. The molecule has 122 heavy (non-hydrogen) atoms. The maximum atomic E-state index is 11.6. The molecule has 0 saturated heterocycles. The molecule has 0 saturated carbocycles. The van der Waals surface area contributed by atoms with Crippen LogP contribution in [-0.4, -0.2) is 204 Å². The average molecular weight is 1800 g/mol. The Balaban J connectivity index is -0.000000245. The molecule has 0 aliphatic rings. The number of ketones is 2. The van der Waals surface area contributed by atoms with Gasteiger partial charge >= 0.3 is 29.8 Å². The summed E-state index contributed by atoms with van der Waals surface area (Å²) >= 11 is 0. The zero-order valence-electron chi connectivity index (χ0n) is 78.3. The van der Waals surface area contributed by atoms with Crippen LogP contribution in [0.1, 0.15) is 274 Å². The van der Waals surface area contributed by atoms with Crippen molar-refractivity contribution in [3.8, 4) is 11.5 Å². The van der Waals surface area contributed by atoms with Crippen molar-refractivity contribution < 1.29 is 122 Å². The molecule has 712 valence electrons. The van der Waals surface area contributed by atoms with Gasteiger partial charge in [0.25, 0.3) is 10.1 Å². The number of carbonyl (C=O) groups is 8. The number of ether oxygens (including phenoxy) is 9. The monoisotopic (exact) mass is 1800 g/mol. The molecule has 0 bridgehead atoms. The quantitative estimate of drug-likeness (QED) is 0.0101. The van der Waals surface area contributed by atoms with Crippen molar-refractivity contribution in [1.29, 1.82) is 0 Å². The molecule has 0 aliphatic heterocycles. The fraction of sp³-hybridized carbons (Fsp3) is 0.696. The fourth-order valence-corrected chi connectivity index (χ4v) is 9.99. The van der Waals surface area contributed by atoms with Crippen LogP contribution in [0.5, 0.6) is 11.5 Å². The Hall–Kier alpha value is -6.87. The van der Waals surface area contributed by atoms with E-state index < -0.39 is 46.1 Å². The first-order chi connectivity index (χ1) is 56.2. The lowest BCUT2D eigenvalue weighted by Crippen LogP contribution is -2.46. The van der Waals surface area contributed by atoms with Gasteiger partial charge in [-0.05, 0) is 185 Å². The summed E-state index contributed by atoms with van der Waals surface area (Å²) in [5.41, 5.74) is -0.411. The van der Waals surface area contributed by atoms with Gasteiger partial charge in [-0.2, -0.15) is 8.42 Å². The van der Waals surface area contributed by atoms with E-state index in [-0.39, 0.29) is 136 Å². The van der Waals surface area contributed by atoms with Crippen molar-refractivity contribution in [3.63, 3.8) is 0 Å². The molecule has 8 atom stereocenters. The maximum absolute atomic E-state index is 11.6. The Bertz CT molecular complexity index is 3550. The summed E-state index contributed by atoms with van der Waals surface area (Å²) in [6, 6.07) is 26.1. The molecule has 0 spiro atoms. The van der Waals surface area contributed by atoms with E-state index in [1.54, 1.807) is 54.0 Å². The van der Waals surface area contributed by atoms with Crippen LogP contribution in [0.3, 0.4) is 0 Å². The van der Waals surface area contributed by atoms with Crippen molar-refractivity contribution in [2.24, 2.45) is 45.8 Å². The fourth-order valence-electron chi connectivity index (χ4n) is 8.09. The van der Waals surface area contributed by atoms with Crippen molar-refractivity contribution in [1.82, 2.24) is 5.32 Å². The number of aliphatic hydroxyl groups excluding tert-OH is 2. The summed E-state index contributed by atoms with van der Waals surface area (Å²) in [5.74, 6) is 7.63. The van der Waals surface area contributed by atoms with Crippen LogP contribution < -0.4 is 14.8 Å². The van der Waals surface area contributed by atoms with Crippen LogP contribution in [-0.2, 0) is 101 Å². The summed E-state index contributed by atoms with van der Waals surface area (Å²) in [6.45, 7) is 47.1. The number of esters is 5. The number of hydrogen-bond donors (Lipinski definition) is 6. The van der Waals surface area contributed by atoms with Gasteiger partial charge in [0.05, 0.1) is 68.9 Å². The minimum absolute atomic E-state index is 0. The van der Waals surface area contributed by atoms with E-state index in [0.29, 0.717) is 74.7 Å². The Kier molecular flexibility index (Phi) is 77.1. The molecule has 0 aliphatic carbocycles. The Morgan fingerprint density at radius 3 is 1.13 bits per heavy atom. The minimum atomic E-state index is -3.97. The third kappa shape index (κ3) is 72.4. The van der Waals surface area contributed by atoms with Gasteiger partial charge in [0.2, 0.25) is 5.91 Å². The largest absolute Gasteiger partial charge is 0.490 e. The first-order valence-corrected chi connectivity index (χ1v) is 47.4. The third-order valence-electron chi connectivity index (χ3n) is 19.4. The van der Waals surface area contributed by atoms with E-state index in [9.17, 15) is 59.7 Å². The van der Waals surface area contributed by atoms with E-state index in [2.05, 4.69) is 35.6 Å². The SMILES string of the molecule is C.C=S(=O)(O)CCCOC(=O)C(C)CC.C=S(=O)(O)c1ccc(C(C)CC)cc1.CCC(C)(C)C(=O)CCCOC.CCC(C)(C)C(=O)OCCO.CCC(C)(C)C(=O)OCCOc1ccccc1.CCC(C)C(=O)CCCOC.CCC(C)C(=O)NC(C)(C)CCS(=O)(=O)O.CCC(C)C(=O)OCCO.CCC(C)C(=O)OCCOc1ccccc1. The number of methoxy groups -OCH3 is 2. The Morgan fingerprint density at radius 2 is 0.787 bits per heavy atom. The molecule has 3 aromatic rings. The standard InChI is InChI=1S/C14H20O3.C13H18O3.C11H16O2S.C10H21NO4S.C10H20O2.C9H18O4S.C9H18O2.C8H16O3.C7H14O3.CH4/c1-4-14(2,3)13(15)17-11-10-16-12-8-6-5-7-9-12;1-3-11(2)13(14)16-10-9-15-12-7-5-4-6-8-12;1-4-9(2)10-5-7-11(8-6-10)14(3,12)13;1-5-8(2)9(12)11-10(3,4)6-7-16(13,14)15;1-5-10(2,3)9(11)7-6-8-12-4;1-4-8(2)9(10)13-6-5-7-14(3,11)12;1-4-8(2)9(10)6-5-7-11-3;1-4-8(2,3)7(10)11-6-5-9;1-3-6(2)7(9)10-5-4-8;/h5-9H,4,10-11H2,1-3H3;4-8,11H,3,9-10H2,1-2H3;5-9H,3-4H2,1-2H3,(H,12,13);8H,5-7H2,1-4H3,(H,11,12)(H,13,14,15);5-8H2,1-4H3;8H,3-7H2,1-2H3,(H,11,12);8H,4-7H2,1-3H3;9H,4-6H2,1-3H3;6,8H,3-5H2,1-2H3;1H4. The van der Waals surface area contributed by atoms with Gasteiger partial charge < -0.3 is 67.3 Å². The summed E-state index contributed by atoms with van der Waals surface area (Å²) in [5, 5.41) is 19.4. The highest BCUT2D eigenvalue weighted by molar-refractivity contribution is 7.95. The molecule has 3 aromatic carbocycles. The van der Waals surface area contributed by atoms with Gasteiger partial charge in [0, 0.05) is 68.8 Å². The summed E-state index contributed by atoms with van der Waals surface area (Å²) < 4.78 is 115. The number of aliphatic hydroxyl groups is 2. The number of amides is 1. The third-order valence-corrected chi connectivity index (χ3v) is 22.0. The van der Waals surface area contributed by atoms with E-state index in [4.69, 9.17) is 57.2 Å². The predicted molar refractivity (Wildman–Crippen MR) is 493 cm³/mol. The molecule has 1 amide bonds. The van der Waals surface area contributed by atoms with Crippen LogP contribution in [0.4, 0.5) is 0 Å². The van der Waals surface area contributed by atoms with Gasteiger partial charge in [-0.15, -0.1) is 0 Å². The first-order valence-electron chi connectivity index (χ1n) is 42.2. The molecule has 30 heteroatoms. The molecule has 0 heterocycles. The van der Waals surface area contributed by atoms with Gasteiger partial charge in [0.1, 0.15) is 72.5 Å². The molecule has 0 aromatic heterocycles. The van der Waals surface area contributed by atoms with Gasteiger partial charge in [-0.25, -0.2) is 8.42 Å². The van der Waals surface area contributed by atoms with Gasteiger partial charge in [-0.1, -0.05) is 174 Å². The highest BCUT2D eigenvalue weighted by Gasteiger charge is 2.29.